The van der Waals surface area contributed by atoms with Crippen LogP contribution < -0.4 is 4.74 Å². The molecule has 100 valence electrons. The molecule has 0 atom stereocenters. The summed E-state index contributed by atoms with van der Waals surface area (Å²) in [6.07, 6.45) is 1.92. The van der Waals surface area contributed by atoms with Crippen LogP contribution in [0.25, 0.3) is 0 Å². The first-order chi connectivity index (χ1) is 8.59. The van der Waals surface area contributed by atoms with Crippen LogP contribution in [0.4, 0.5) is 0 Å². The van der Waals surface area contributed by atoms with Gasteiger partial charge in [-0.1, -0.05) is 15.9 Å². The average molecular weight is 334 g/mol. The molecule has 4 nitrogen and oxygen atoms in total. The van der Waals surface area contributed by atoms with Crippen LogP contribution in [0.15, 0.2) is 29.2 Å². The fourth-order valence-corrected chi connectivity index (χ4v) is 4.13. The van der Waals surface area contributed by atoms with Gasteiger partial charge in [-0.3, -0.25) is 0 Å². The summed E-state index contributed by atoms with van der Waals surface area (Å²) in [6.45, 7) is 0.513. The molecule has 0 aliphatic heterocycles. The molecule has 2 rings (SSSR count). The van der Waals surface area contributed by atoms with Gasteiger partial charge in [0.15, 0.2) is 0 Å². The highest BCUT2D eigenvalue weighted by Gasteiger charge is 2.37. The van der Waals surface area contributed by atoms with E-state index in [-0.39, 0.29) is 6.04 Å². The van der Waals surface area contributed by atoms with Gasteiger partial charge in [0.05, 0.1) is 12.0 Å². The number of rotatable bonds is 6. The first-order valence-corrected chi connectivity index (χ1v) is 8.37. The second-order valence-electron chi connectivity index (χ2n) is 4.21. The topological polar surface area (TPSA) is 46.6 Å². The van der Waals surface area contributed by atoms with E-state index in [4.69, 9.17) is 4.74 Å². The van der Waals surface area contributed by atoms with Crippen molar-refractivity contribution in [2.24, 2.45) is 0 Å². The lowest BCUT2D eigenvalue weighted by Gasteiger charge is -2.20. The number of ether oxygens (including phenoxy) is 1. The van der Waals surface area contributed by atoms with E-state index in [9.17, 15) is 8.42 Å². The van der Waals surface area contributed by atoms with E-state index in [1.807, 2.05) is 0 Å². The Morgan fingerprint density at radius 3 is 2.39 bits per heavy atom. The molecule has 1 saturated carbocycles. The zero-order valence-electron chi connectivity index (χ0n) is 10.2. The third-order valence-electron chi connectivity index (χ3n) is 2.93. The molecule has 0 heterocycles. The normalized spacial score (nSPS) is 15.9. The van der Waals surface area contributed by atoms with E-state index in [1.54, 1.807) is 35.7 Å². The Hall–Kier alpha value is -0.590. The zero-order valence-corrected chi connectivity index (χ0v) is 12.6. The molecule has 0 aromatic heterocycles. The largest absolute Gasteiger partial charge is 0.497 e. The standard InChI is InChI=1S/C12H16BrNO3S/c1-17-11-4-6-12(7-5-11)18(15,16)14(9-8-13)10-2-3-10/h4-7,10H,2-3,8-9H2,1H3. The molecule has 0 saturated heterocycles. The third-order valence-corrected chi connectivity index (χ3v) is 5.25. The molecule has 1 aliphatic carbocycles. The van der Waals surface area contributed by atoms with Crippen LogP contribution in [0.3, 0.4) is 0 Å². The van der Waals surface area contributed by atoms with E-state index in [0.717, 1.165) is 12.8 Å². The summed E-state index contributed by atoms with van der Waals surface area (Å²) in [5.74, 6) is 0.660. The zero-order chi connectivity index (χ0) is 13.2. The van der Waals surface area contributed by atoms with Gasteiger partial charge in [0.1, 0.15) is 5.75 Å². The summed E-state index contributed by atoms with van der Waals surface area (Å²) in [6, 6.07) is 6.71. The van der Waals surface area contributed by atoms with E-state index in [1.165, 1.54) is 0 Å². The molecule has 1 aromatic carbocycles. The molecular formula is C12H16BrNO3S. The summed E-state index contributed by atoms with van der Waals surface area (Å²) >= 11 is 3.31. The highest BCUT2D eigenvalue weighted by atomic mass is 79.9. The van der Waals surface area contributed by atoms with Crippen LogP contribution in [0.2, 0.25) is 0 Å². The monoisotopic (exact) mass is 333 g/mol. The second kappa shape index (κ2) is 5.59. The molecule has 0 N–H and O–H groups in total. The van der Waals surface area contributed by atoms with Gasteiger partial charge < -0.3 is 4.74 Å². The first kappa shape index (κ1) is 13.8. The molecule has 1 aliphatic rings. The minimum absolute atomic E-state index is 0.176. The maximum atomic E-state index is 12.5. The van der Waals surface area contributed by atoms with Gasteiger partial charge >= 0.3 is 0 Å². The van der Waals surface area contributed by atoms with Crippen LogP contribution >= 0.6 is 15.9 Å². The van der Waals surface area contributed by atoms with Gasteiger partial charge in [0, 0.05) is 17.9 Å². The van der Waals surface area contributed by atoms with Gasteiger partial charge in [-0.15, -0.1) is 0 Å². The fraction of sp³-hybridized carbons (Fsp3) is 0.500. The van der Waals surface area contributed by atoms with Crippen molar-refractivity contribution in [1.29, 1.82) is 0 Å². The number of hydrogen-bond acceptors (Lipinski definition) is 3. The SMILES string of the molecule is COc1ccc(S(=O)(=O)N(CCBr)C2CC2)cc1. The average Bonchev–Trinajstić information content (AvgIpc) is 3.20. The molecule has 6 heteroatoms. The van der Waals surface area contributed by atoms with Gasteiger partial charge in [-0.25, -0.2) is 8.42 Å². The summed E-state index contributed by atoms with van der Waals surface area (Å²) < 4.78 is 31.6. The Kier molecular flexibility index (Phi) is 4.29. The number of methoxy groups -OCH3 is 1. The molecule has 0 spiro atoms. The lowest BCUT2D eigenvalue weighted by molar-refractivity contribution is 0.413. The van der Waals surface area contributed by atoms with Crippen molar-refractivity contribution in [2.45, 2.75) is 23.8 Å². The molecule has 0 radical (unpaired) electrons. The number of nitrogens with zero attached hydrogens (tertiary/aromatic N) is 1. The van der Waals surface area contributed by atoms with Crippen LogP contribution in [0.5, 0.6) is 5.75 Å². The second-order valence-corrected chi connectivity index (χ2v) is 6.89. The van der Waals surface area contributed by atoms with E-state index >= 15 is 0 Å². The minimum Gasteiger partial charge on any atom is -0.497 e. The molecule has 1 fully saturated rings. The third kappa shape index (κ3) is 2.87. The van der Waals surface area contributed by atoms with Gasteiger partial charge in [0.2, 0.25) is 10.0 Å². The van der Waals surface area contributed by atoms with Crippen LogP contribution in [-0.2, 0) is 10.0 Å². The van der Waals surface area contributed by atoms with E-state index in [0.29, 0.717) is 22.5 Å². The molecular weight excluding hydrogens is 318 g/mol. The van der Waals surface area contributed by atoms with E-state index in [2.05, 4.69) is 15.9 Å². The summed E-state index contributed by atoms with van der Waals surface area (Å²) in [4.78, 5) is 0.330. The summed E-state index contributed by atoms with van der Waals surface area (Å²) in [5, 5.41) is 0.652. The highest BCUT2D eigenvalue weighted by molar-refractivity contribution is 9.09. The van der Waals surface area contributed by atoms with Crippen molar-refractivity contribution in [3.05, 3.63) is 24.3 Å². The molecule has 0 amide bonds. The van der Waals surface area contributed by atoms with Gasteiger partial charge in [-0.05, 0) is 37.1 Å². The lowest BCUT2D eigenvalue weighted by Crippen LogP contribution is -2.34. The van der Waals surface area contributed by atoms with Gasteiger partial charge in [0.25, 0.3) is 0 Å². The Morgan fingerprint density at radius 1 is 1.33 bits per heavy atom. The van der Waals surface area contributed by atoms with Gasteiger partial charge in [-0.2, -0.15) is 4.31 Å². The Balaban J connectivity index is 2.27. The summed E-state index contributed by atoms with van der Waals surface area (Å²) in [5.41, 5.74) is 0. The van der Waals surface area contributed by atoms with Crippen molar-refractivity contribution >= 4 is 26.0 Å². The lowest BCUT2D eigenvalue weighted by atomic mass is 10.3. The quantitative estimate of drug-likeness (QED) is 0.750. The number of halogens is 1. The van der Waals surface area contributed by atoms with Crippen LogP contribution in [0, 0.1) is 0 Å². The van der Waals surface area contributed by atoms with Crippen molar-refractivity contribution < 1.29 is 13.2 Å². The Bertz CT molecular complexity index is 497. The van der Waals surface area contributed by atoms with E-state index < -0.39 is 10.0 Å². The number of benzene rings is 1. The Morgan fingerprint density at radius 2 is 1.94 bits per heavy atom. The Labute approximate surface area is 116 Å². The molecule has 0 bridgehead atoms. The number of sulfonamides is 1. The smallest absolute Gasteiger partial charge is 0.243 e. The number of hydrogen-bond donors (Lipinski definition) is 0. The predicted molar refractivity (Wildman–Crippen MR) is 73.7 cm³/mol. The van der Waals surface area contributed by atoms with Crippen molar-refractivity contribution in [1.82, 2.24) is 4.31 Å². The maximum absolute atomic E-state index is 12.5. The maximum Gasteiger partial charge on any atom is 0.243 e. The minimum atomic E-state index is -3.38. The van der Waals surface area contributed by atoms with Crippen molar-refractivity contribution in [3.63, 3.8) is 0 Å². The van der Waals surface area contributed by atoms with Crippen LogP contribution in [0.1, 0.15) is 12.8 Å². The molecule has 0 unspecified atom stereocenters. The highest BCUT2D eigenvalue weighted by Crippen LogP contribution is 2.32. The fourth-order valence-electron chi connectivity index (χ4n) is 1.83. The predicted octanol–water partition coefficient (Wildman–Crippen LogP) is 2.24. The van der Waals surface area contributed by atoms with Crippen LogP contribution in [-0.4, -0.2) is 37.7 Å². The van der Waals surface area contributed by atoms with Crippen molar-refractivity contribution in [2.75, 3.05) is 19.0 Å². The number of alkyl halides is 1. The summed E-state index contributed by atoms with van der Waals surface area (Å²) in [7, 11) is -1.82. The molecule has 18 heavy (non-hydrogen) atoms. The van der Waals surface area contributed by atoms with Crippen molar-refractivity contribution in [3.8, 4) is 5.75 Å². The first-order valence-electron chi connectivity index (χ1n) is 5.81. The molecule has 1 aromatic rings.